The van der Waals surface area contributed by atoms with Crippen molar-refractivity contribution in [3.05, 3.63) is 60.2 Å². The smallest absolute Gasteiger partial charge is 0.233 e. The van der Waals surface area contributed by atoms with Crippen LogP contribution in [0.5, 0.6) is 0 Å². The minimum atomic E-state index is -0.283. The summed E-state index contributed by atoms with van der Waals surface area (Å²) in [7, 11) is 0. The van der Waals surface area contributed by atoms with E-state index in [1.165, 1.54) is 11.8 Å². The number of thioether (sulfide) groups is 1. The lowest BCUT2D eigenvalue weighted by Gasteiger charge is -2.17. The maximum Gasteiger partial charge on any atom is 0.233 e. The van der Waals surface area contributed by atoms with Crippen molar-refractivity contribution in [3.8, 4) is 0 Å². The van der Waals surface area contributed by atoms with Gasteiger partial charge >= 0.3 is 0 Å². The van der Waals surface area contributed by atoms with Crippen LogP contribution in [0, 0.1) is 0 Å². The molecule has 2 aromatic carbocycles. The summed E-state index contributed by atoms with van der Waals surface area (Å²) in [6, 6.07) is 17.8. The van der Waals surface area contributed by atoms with E-state index in [1.807, 2.05) is 72.8 Å². The van der Waals surface area contributed by atoms with Gasteiger partial charge in [0, 0.05) is 0 Å². The molecule has 2 N–H and O–H groups in total. The lowest BCUT2D eigenvalue weighted by atomic mass is 10.1. The molecule has 2 aromatic heterocycles. The maximum absolute atomic E-state index is 12.6. The molecule has 132 valence electrons. The number of imidazole rings is 1. The average Bonchev–Trinajstić information content (AvgIpc) is 3.22. The molecule has 0 saturated carbocycles. The third kappa shape index (κ3) is 3.06. The van der Waals surface area contributed by atoms with Crippen LogP contribution in [-0.2, 0) is 4.79 Å². The average molecular weight is 365 g/mol. The second-order valence-corrected chi connectivity index (χ2v) is 7.47. The Bertz CT molecular complexity index is 1060. The number of nitrogens with one attached hydrogen (secondary N) is 2. The molecule has 0 bridgehead atoms. The second-order valence-electron chi connectivity index (χ2n) is 6.17. The van der Waals surface area contributed by atoms with E-state index in [4.69, 9.17) is 0 Å². The van der Waals surface area contributed by atoms with E-state index in [9.17, 15) is 4.79 Å². The fraction of sp³-hybridized carbons (Fsp3) is 0.211. The predicted molar refractivity (Wildman–Crippen MR) is 103 cm³/mol. The fourth-order valence-electron chi connectivity index (χ4n) is 2.89. The van der Waals surface area contributed by atoms with E-state index in [-0.39, 0.29) is 17.2 Å². The number of H-pyrrole nitrogens is 1. The number of amides is 1. The van der Waals surface area contributed by atoms with E-state index < -0.39 is 0 Å². The first-order valence-corrected chi connectivity index (χ1v) is 9.35. The summed E-state index contributed by atoms with van der Waals surface area (Å²) < 4.78 is 1.95. The molecular weight excluding hydrogens is 346 g/mol. The number of carbonyl (C=O) groups excluding carboxylic acids is 1. The number of fused-ring (bicyclic) bond motifs is 3. The Kier molecular flexibility index (Phi) is 4.38. The Morgan fingerprint density at radius 2 is 1.85 bits per heavy atom. The molecule has 6 nitrogen and oxygen atoms in total. The highest BCUT2D eigenvalue weighted by atomic mass is 32.2. The first-order chi connectivity index (χ1) is 12.6. The molecule has 0 saturated heterocycles. The molecule has 0 fully saturated rings. The molecule has 7 heteroatoms. The molecule has 2 atom stereocenters. The van der Waals surface area contributed by atoms with Crippen LogP contribution in [0.15, 0.2) is 59.8 Å². The zero-order chi connectivity index (χ0) is 18.1. The normalized spacial score (nSPS) is 13.8. The summed E-state index contributed by atoms with van der Waals surface area (Å²) in [6.07, 6.45) is 0. The zero-order valence-corrected chi connectivity index (χ0v) is 15.3. The topological polar surface area (TPSA) is 75.1 Å². The quantitative estimate of drug-likeness (QED) is 0.530. The van der Waals surface area contributed by atoms with Crippen molar-refractivity contribution in [3.63, 3.8) is 0 Å². The Morgan fingerprint density at radius 1 is 1.12 bits per heavy atom. The minimum Gasteiger partial charge on any atom is -0.349 e. The molecule has 4 aromatic rings. The van der Waals surface area contributed by atoms with Crippen LogP contribution in [0.4, 0.5) is 0 Å². The molecular formula is C19H19N5OS. The van der Waals surface area contributed by atoms with Crippen molar-refractivity contribution in [2.45, 2.75) is 30.3 Å². The monoisotopic (exact) mass is 365 g/mol. The minimum absolute atomic E-state index is 0.0214. The summed E-state index contributed by atoms with van der Waals surface area (Å²) >= 11 is 1.41. The molecule has 1 amide bonds. The molecule has 0 aliphatic carbocycles. The van der Waals surface area contributed by atoms with Crippen molar-refractivity contribution < 1.29 is 4.79 Å². The fourth-order valence-corrected chi connectivity index (χ4v) is 3.77. The summed E-state index contributed by atoms with van der Waals surface area (Å²) in [5, 5.41) is 10.8. The first kappa shape index (κ1) is 16.7. The molecule has 0 spiro atoms. The molecule has 0 aliphatic rings. The van der Waals surface area contributed by atoms with Crippen molar-refractivity contribution in [2.75, 3.05) is 0 Å². The molecule has 0 aliphatic heterocycles. The lowest BCUT2D eigenvalue weighted by Crippen LogP contribution is -2.33. The Morgan fingerprint density at radius 3 is 2.65 bits per heavy atom. The predicted octanol–water partition coefficient (Wildman–Crippen LogP) is 3.57. The van der Waals surface area contributed by atoms with E-state index in [0.717, 1.165) is 21.8 Å². The van der Waals surface area contributed by atoms with Gasteiger partial charge in [-0.15, -0.1) is 5.10 Å². The van der Waals surface area contributed by atoms with Crippen LogP contribution in [-0.4, -0.2) is 30.7 Å². The SMILES string of the molecule is CC(Sc1n[nH]c2nc3ccccc3n12)C(=O)NC(C)c1ccccc1. The van der Waals surface area contributed by atoms with Gasteiger partial charge in [-0.25, -0.2) is 10.1 Å². The number of rotatable bonds is 5. The van der Waals surface area contributed by atoms with Crippen LogP contribution >= 0.6 is 11.8 Å². The van der Waals surface area contributed by atoms with Crippen molar-refractivity contribution in [1.82, 2.24) is 24.9 Å². The van der Waals surface area contributed by atoms with Crippen molar-refractivity contribution in [2.24, 2.45) is 0 Å². The number of hydrogen-bond acceptors (Lipinski definition) is 4. The summed E-state index contributed by atoms with van der Waals surface area (Å²) in [5.41, 5.74) is 2.96. The number of aromatic amines is 1. The number of nitrogens with zero attached hydrogens (tertiary/aromatic N) is 3. The summed E-state index contributed by atoms with van der Waals surface area (Å²) in [6.45, 7) is 3.87. The van der Waals surface area contributed by atoms with Gasteiger partial charge in [0.15, 0.2) is 5.16 Å². The van der Waals surface area contributed by atoms with Gasteiger partial charge in [-0.1, -0.05) is 54.2 Å². The molecule has 2 heterocycles. The largest absolute Gasteiger partial charge is 0.349 e. The van der Waals surface area contributed by atoms with Crippen LogP contribution in [0.2, 0.25) is 0 Å². The van der Waals surface area contributed by atoms with E-state index >= 15 is 0 Å². The highest BCUT2D eigenvalue weighted by molar-refractivity contribution is 8.00. The summed E-state index contributed by atoms with van der Waals surface area (Å²) in [4.78, 5) is 17.1. The number of hydrogen-bond donors (Lipinski definition) is 2. The van der Waals surface area contributed by atoms with Gasteiger partial charge < -0.3 is 5.32 Å². The van der Waals surface area contributed by atoms with Gasteiger partial charge in [0.25, 0.3) is 0 Å². The van der Waals surface area contributed by atoms with Gasteiger partial charge in [0.2, 0.25) is 11.7 Å². The maximum atomic E-state index is 12.6. The van der Waals surface area contributed by atoms with Crippen molar-refractivity contribution in [1.29, 1.82) is 0 Å². The number of para-hydroxylation sites is 2. The van der Waals surface area contributed by atoms with Gasteiger partial charge in [-0.3, -0.25) is 9.20 Å². The molecule has 0 radical (unpaired) electrons. The number of aromatic nitrogens is 4. The van der Waals surface area contributed by atoms with Crippen LogP contribution < -0.4 is 5.32 Å². The van der Waals surface area contributed by atoms with Gasteiger partial charge in [0.1, 0.15) is 0 Å². The standard InChI is InChI=1S/C19H19N5OS/c1-12(14-8-4-3-5-9-14)20-17(25)13(2)26-19-23-22-18-21-15-10-6-7-11-16(15)24(18)19/h3-13H,1-2H3,(H,20,25)(H,21,22). The zero-order valence-electron chi connectivity index (χ0n) is 14.5. The van der Waals surface area contributed by atoms with Crippen LogP contribution in [0.1, 0.15) is 25.5 Å². The third-order valence-electron chi connectivity index (χ3n) is 4.31. The van der Waals surface area contributed by atoms with E-state index in [0.29, 0.717) is 5.78 Å². The highest BCUT2D eigenvalue weighted by Crippen LogP contribution is 2.26. The Labute approximate surface area is 155 Å². The van der Waals surface area contributed by atoms with Crippen LogP contribution in [0.25, 0.3) is 16.8 Å². The molecule has 26 heavy (non-hydrogen) atoms. The molecule has 4 rings (SSSR count). The Balaban J connectivity index is 1.52. The highest BCUT2D eigenvalue weighted by Gasteiger charge is 2.21. The summed E-state index contributed by atoms with van der Waals surface area (Å²) in [5.74, 6) is 0.658. The van der Waals surface area contributed by atoms with Gasteiger partial charge in [-0.05, 0) is 31.5 Å². The van der Waals surface area contributed by atoms with Crippen molar-refractivity contribution >= 4 is 34.5 Å². The van der Waals surface area contributed by atoms with Gasteiger partial charge in [0.05, 0.1) is 22.3 Å². The molecule has 2 unspecified atom stereocenters. The van der Waals surface area contributed by atoms with E-state index in [1.54, 1.807) is 0 Å². The van der Waals surface area contributed by atoms with E-state index in [2.05, 4.69) is 20.5 Å². The second kappa shape index (κ2) is 6.84. The van der Waals surface area contributed by atoms with Gasteiger partial charge in [-0.2, -0.15) is 0 Å². The Hall–Kier alpha value is -2.80. The van der Waals surface area contributed by atoms with Crippen LogP contribution in [0.3, 0.4) is 0 Å². The number of benzene rings is 2. The number of carbonyl (C=O) groups is 1. The third-order valence-corrected chi connectivity index (χ3v) is 5.37. The lowest BCUT2D eigenvalue weighted by molar-refractivity contribution is -0.120. The first-order valence-electron chi connectivity index (χ1n) is 8.47.